The van der Waals surface area contributed by atoms with Crippen molar-refractivity contribution in [1.82, 2.24) is 4.90 Å². The van der Waals surface area contributed by atoms with Crippen LogP contribution in [-0.4, -0.2) is 46.5 Å². The van der Waals surface area contributed by atoms with E-state index in [0.29, 0.717) is 18.1 Å². The fraction of sp³-hybridized carbons (Fsp3) is 0.240. The van der Waals surface area contributed by atoms with Crippen molar-refractivity contribution in [3.05, 3.63) is 84.2 Å². The molecule has 0 radical (unpaired) electrons. The molecule has 3 aromatic carbocycles. The maximum absolute atomic E-state index is 13.5. The van der Waals surface area contributed by atoms with Gasteiger partial charge in [-0.25, -0.2) is 12.8 Å². The van der Waals surface area contributed by atoms with Crippen LogP contribution >= 0.6 is 0 Å². The summed E-state index contributed by atoms with van der Waals surface area (Å²) < 4.78 is 52.2. The van der Waals surface area contributed by atoms with E-state index in [9.17, 15) is 17.6 Å². The third-order valence-electron chi connectivity index (χ3n) is 5.14. The predicted molar refractivity (Wildman–Crippen MR) is 128 cm³/mol. The van der Waals surface area contributed by atoms with E-state index in [1.54, 1.807) is 32.4 Å². The predicted octanol–water partition coefficient (Wildman–Crippen LogP) is 4.09. The van der Waals surface area contributed by atoms with Crippen LogP contribution in [0.2, 0.25) is 0 Å². The van der Waals surface area contributed by atoms with Gasteiger partial charge in [-0.15, -0.1) is 0 Å². The minimum absolute atomic E-state index is 0.0135. The summed E-state index contributed by atoms with van der Waals surface area (Å²) in [5.74, 6) is 0.202. The molecule has 0 aliphatic carbocycles. The Labute approximate surface area is 199 Å². The van der Waals surface area contributed by atoms with Gasteiger partial charge in [-0.1, -0.05) is 18.2 Å². The summed E-state index contributed by atoms with van der Waals surface area (Å²) in [7, 11) is -1.00. The van der Waals surface area contributed by atoms with Gasteiger partial charge in [-0.2, -0.15) is 0 Å². The van der Waals surface area contributed by atoms with Gasteiger partial charge in [0.15, 0.2) is 0 Å². The number of carbonyl (C=O) groups excluding carboxylic acids is 1. The van der Waals surface area contributed by atoms with Gasteiger partial charge in [0.25, 0.3) is 10.0 Å². The van der Waals surface area contributed by atoms with Crippen LogP contribution in [0, 0.1) is 5.82 Å². The van der Waals surface area contributed by atoms with Gasteiger partial charge in [0.1, 0.15) is 23.9 Å². The molecule has 0 aromatic heterocycles. The van der Waals surface area contributed by atoms with E-state index < -0.39 is 28.3 Å². The highest BCUT2D eigenvalue weighted by atomic mass is 32.2. The SMILES string of the molecule is CCOc1ccc(S(=O)(=O)N(CC(=O)N(C)Cc2ccccc2OC)c2ccc(F)cc2)cc1. The largest absolute Gasteiger partial charge is 0.496 e. The maximum atomic E-state index is 13.5. The lowest BCUT2D eigenvalue weighted by molar-refractivity contribution is -0.128. The molecule has 0 saturated heterocycles. The summed E-state index contributed by atoms with van der Waals surface area (Å²) in [6.45, 7) is 2.03. The Morgan fingerprint density at radius 1 is 0.971 bits per heavy atom. The normalized spacial score (nSPS) is 11.1. The molecule has 7 nitrogen and oxygen atoms in total. The smallest absolute Gasteiger partial charge is 0.264 e. The Kier molecular flexibility index (Phi) is 8.12. The molecule has 3 aromatic rings. The molecule has 0 aliphatic rings. The summed E-state index contributed by atoms with van der Waals surface area (Å²) in [6.07, 6.45) is 0. The van der Waals surface area contributed by atoms with Crippen LogP contribution < -0.4 is 13.8 Å². The molecule has 9 heteroatoms. The van der Waals surface area contributed by atoms with Gasteiger partial charge >= 0.3 is 0 Å². The first-order valence-corrected chi connectivity index (χ1v) is 12.1. The number of anilines is 1. The number of nitrogens with zero attached hydrogens (tertiary/aromatic N) is 2. The average molecular weight is 487 g/mol. The van der Waals surface area contributed by atoms with Crippen LogP contribution in [0.3, 0.4) is 0 Å². The molecular weight excluding hydrogens is 459 g/mol. The zero-order valence-electron chi connectivity index (χ0n) is 19.3. The van der Waals surface area contributed by atoms with Crippen LogP contribution in [0.25, 0.3) is 0 Å². The summed E-state index contributed by atoms with van der Waals surface area (Å²) >= 11 is 0. The lowest BCUT2D eigenvalue weighted by Crippen LogP contribution is -2.41. The molecular formula is C25H27FN2O5S. The lowest BCUT2D eigenvalue weighted by atomic mass is 10.2. The molecule has 3 rings (SSSR count). The molecule has 0 spiro atoms. The zero-order valence-corrected chi connectivity index (χ0v) is 20.1. The molecule has 0 aliphatic heterocycles. The molecule has 0 unspecified atom stereocenters. The lowest BCUT2D eigenvalue weighted by Gasteiger charge is -2.27. The second-order valence-electron chi connectivity index (χ2n) is 7.45. The monoisotopic (exact) mass is 486 g/mol. The molecule has 0 heterocycles. The minimum Gasteiger partial charge on any atom is -0.496 e. The highest BCUT2D eigenvalue weighted by Crippen LogP contribution is 2.26. The molecule has 180 valence electrons. The number of methoxy groups -OCH3 is 1. The van der Waals surface area contributed by atoms with Crippen LogP contribution in [-0.2, 0) is 21.4 Å². The van der Waals surface area contributed by atoms with Gasteiger partial charge < -0.3 is 14.4 Å². The first kappa shape index (κ1) is 25.0. The summed E-state index contributed by atoms with van der Waals surface area (Å²) in [5, 5.41) is 0. The van der Waals surface area contributed by atoms with Crippen molar-refractivity contribution in [3.63, 3.8) is 0 Å². The minimum atomic E-state index is -4.13. The number of rotatable bonds is 10. The van der Waals surface area contributed by atoms with E-state index in [-0.39, 0.29) is 17.1 Å². The summed E-state index contributed by atoms with van der Waals surface area (Å²) in [5.41, 5.74) is 0.956. The zero-order chi connectivity index (χ0) is 24.7. The molecule has 1 amide bonds. The van der Waals surface area contributed by atoms with Crippen molar-refractivity contribution < 1.29 is 27.1 Å². The first-order valence-electron chi connectivity index (χ1n) is 10.6. The van der Waals surface area contributed by atoms with E-state index in [1.807, 2.05) is 25.1 Å². The quantitative estimate of drug-likeness (QED) is 0.432. The van der Waals surface area contributed by atoms with Gasteiger partial charge in [0, 0.05) is 19.2 Å². The van der Waals surface area contributed by atoms with Crippen LogP contribution in [0.1, 0.15) is 12.5 Å². The van der Waals surface area contributed by atoms with E-state index in [2.05, 4.69) is 0 Å². The Morgan fingerprint density at radius 3 is 2.24 bits per heavy atom. The number of carbonyl (C=O) groups is 1. The molecule has 0 N–H and O–H groups in total. The fourth-order valence-electron chi connectivity index (χ4n) is 3.34. The summed E-state index contributed by atoms with van der Waals surface area (Å²) in [4.78, 5) is 14.5. The number of likely N-dealkylation sites (N-methyl/N-ethyl adjacent to an activating group) is 1. The summed E-state index contributed by atoms with van der Waals surface area (Å²) in [6, 6.07) is 18.2. The molecule has 0 bridgehead atoms. The number of hydrogen-bond acceptors (Lipinski definition) is 5. The van der Waals surface area contributed by atoms with Crippen LogP contribution in [0.15, 0.2) is 77.7 Å². The van der Waals surface area contributed by atoms with Crippen LogP contribution in [0.5, 0.6) is 11.5 Å². The van der Waals surface area contributed by atoms with Crippen molar-refractivity contribution in [2.75, 3.05) is 31.6 Å². The van der Waals surface area contributed by atoms with E-state index in [4.69, 9.17) is 9.47 Å². The second kappa shape index (κ2) is 11.0. The third kappa shape index (κ3) is 5.85. The van der Waals surface area contributed by atoms with Gasteiger partial charge in [0.05, 0.1) is 24.3 Å². The first-order chi connectivity index (χ1) is 16.3. The number of halogens is 1. The number of para-hydroxylation sites is 1. The second-order valence-corrected chi connectivity index (χ2v) is 9.32. The Bertz CT molecular complexity index is 1210. The van der Waals surface area contributed by atoms with E-state index in [0.717, 1.165) is 22.0 Å². The number of benzene rings is 3. The van der Waals surface area contributed by atoms with Crippen molar-refractivity contribution in [2.24, 2.45) is 0 Å². The van der Waals surface area contributed by atoms with Crippen molar-refractivity contribution in [3.8, 4) is 11.5 Å². The van der Waals surface area contributed by atoms with E-state index >= 15 is 0 Å². The third-order valence-corrected chi connectivity index (χ3v) is 6.93. The van der Waals surface area contributed by atoms with Crippen molar-refractivity contribution in [1.29, 1.82) is 0 Å². The number of ether oxygens (including phenoxy) is 2. The number of hydrogen-bond donors (Lipinski definition) is 0. The highest BCUT2D eigenvalue weighted by molar-refractivity contribution is 7.92. The molecule has 34 heavy (non-hydrogen) atoms. The van der Waals surface area contributed by atoms with Crippen molar-refractivity contribution >= 4 is 21.6 Å². The maximum Gasteiger partial charge on any atom is 0.264 e. The average Bonchev–Trinajstić information content (AvgIpc) is 2.84. The number of amides is 1. The Balaban J connectivity index is 1.90. The van der Waals surface area contributed by atoms with E-state index in [1.165, 1.54) is 29.2 Å². The fourth-order valence-corrected chi connectivity index (χ4v) is 4.76. The van der Waals surface area contributed by atoms with Gasteiger partial charge in [-0.05, 0) is 61.5 Å². The Morgan fingerprint density at radius 2 is 1.62 bits per heavy atom. The molecule has 0 atom stereocenters. The van der Waals surface area contributed by atoms with Gasteiger partial charge in [-0.3, -0.25) is 9.10 Å². The Hall–Kier alpha value is -3.59. The highest BCUT2D eigenvalue weighted by Gasteiger charge is 2.28. The van der Waals surface area contributed by atoms with Crippen LogP contribution in [0.4, 0.5) is 10.1 Å². The topological polar surface area (TPSA) is 76.2 Å². The molecule has 0 fully saturated rings. The number of sulfonamides is 1. The standard InChI is InChI=1S/C25H27FN2O5S/c1-4-33-22-13-15-23(16-14-22)34(30,31)28(21-11-9-20(26)10-12-21)18-25(29)27(2)17-19-7-5-6-8-24(19)32-3/h5-16H,4,17-18H2,1-3H3. The molecule has 0 saturated carbocycles. The van der Waals surface area contributed by atoms with Crippen molar-refractivity contribution in [2.45, 2.75) is 18.4 Å². The van der Waals surface area contributed by atoms with Gasteiger partial charge in [0.2, 0.25) is 5.91 Å².